The fourth-order valence-corrected chi connectivity index (χ4v) is 1.13. The van der Waals surface area contributed by atoms with Gasteiger partial charge in [-0.25, -0.2) is 0 Å². The van der Waals surface area contributed by atoms with E-state index in [0.717, 1.165) is 0 Å². The van der Waals surface area contributed by atoms with E-state index in [1.807, 2.05) is 0 Å². The fourth-order valence-electron chi connectivity index (χ4n) is 1.13. The predicted octanol–water partition coefficient (Wildman–Crippen LogP) is -15.2. The van der Waals surface area contributed by atoms with Crippen LogP contribution in [-0.2, 0) is 25.8 Å². The summed E-state index contributed by atoms with van der Waals surface area (Å²) >= 11 is 0. The average Bonchev–Trinajstić information content (AvgIpc) is 2.08. The molecule has 0 aromatic heterocycles. The second kappa shape index (κ2) is 14.0. The van der Waals surface area contributed by atoms with Crippen molar-refractivity contribution in [2.45, 2.75) is 30.6 Å². The van der Waals surface area contributed by atoms with Gasteiger partial charge in [0.2, 0.25) is 0 Å². The summed E-state index contributed by atoms with van der Waals surface area (Å²) in [5.41, 5.74) is 5.24. The second-order valence-corrected chi connectivity index (χ2v) is 2.79. The number of aliphatic hydroxyl groups is 4. The van der Waals surface area contributed by atoms with Gasteiger partial charge in [0.25, 0.3) is 0 Å². The molecule has 1 saturated heterocycles. The molecule has 1 unspecified atom stereocenters. The van der Waals surface area contributed by atoms with Crippen molar-refractivity contribution in [3.8, 4) is 0 Å². The molecule has 0 aromatic carbocycles. The molecule has 0 aliphatic carbocycles. The molecule has 1 aliphatic rings. The van der Waals surface area contributed by atoms with Crippen LogP contribution in [0.15, 0.2) is 0 Å². The molecule has 1 heterocycles. The second-order valence-electron chi connectivity index (χ2n) is 2.79. The number of aliphatic hydroxyl groups excluding tert-OH is 4. The summed E-state index contributed by atoms with van der Waals surface area (Å²) in [4.78, 5) is 0. The Labute approximate surface area is 138 Å². The van der Waals surface area contributed by atoms with E-state index in [2.05, 4.69) is 0 Å². The molecule has 0 radical (unpaired) electrons. The average molecular weight is 516 g/mol. The number of nitrogens with two attached hydrogens (primary N) is 1. The molecule has 1 aliphatic heterocycles. The van der Waals surface area contributed by atoms with Gasteiger partial charge in [-0.3, -0.25) is 0 Å². The largest absolute Gasteiger partial charge is 4.00 e. The Hall–Kier alpha value is 1.61. The van der Waals surface area contributed by atoms with Crippen molar-refractivity contribution in [2.75, 3.05) is 6.61 Å². The molecule has 6 N–H and O–H groups in total. The molecule has 110 valence electrons. The van der Waals surface area contributed by atoms with Crippen molar-refractivity contribution < 1.29 is 95.9 Å². The minimum atomic E-state index is -1.37. The van der Waals surface area contributed by atoms with Gasteiger partial charge in [-0.1, -0.05) is 0 Å². The van der Waals surface area contributed by atoms with E-state index in [1.165, 1.54) is 0 Å². The summed E-state index contributed by atoms with van der Waals surface area (Å²) < 4.78 is 4.80. The Morgan fingerprint density at radius 2 is 1.29 bits per heavy atom. The van der Waals surface area contributed by atoms with Crippen LogP contribution in [0.3, 0.4) is 0 Å². The monoisotopic (exact) mass is 514 g/mol. The summed E-state index contributed by atoms with van der Waals surface area (Å²) in [6.07, 6.45) is -5.99. The first-order valence-corrected chi connectivity index (χ1v) is 3.64. The van der Waals surface area contributed by atoms with Crippen molar-refractivity contribution in [3.05, 3.63) is 0 Å². The molecule has 0 amide bonds. The summed E-state index contributed by atoms with van der Waals surface area (Å²) in [6, 6.07) is 0. The van der Waals surface area contributed by atoms with Crippen LogP contribution in [-0.4, -0.2) is 57.7 Å². The summed E-state index contributed by atoms with van der Waals surface area (Å²) in [6.45, 7) is -0.446. The third-order valence-electron chi connectivity index (χ3n) is 1.93. The van der Waals surface area contributed by atoms with Gasteiger partial charge >= 0.3 is 21.1 Å². The molecule has 0 saturated carbocycles. The van der Waals surface area contributed by atoms with Crippen molar-refractivity contribution in [1.82, 2.24) is 0 Å². The van der Waals surface area contributed by atoms with Gasteiger partial charge in [-0.2, -0.15) is 0 Å². The summed E-state index contributed by atoms with van der Waals surface area (Å²) in [5.74, 6) is 0. The fraction of sp³-hybridized carbons (Fsp3) is 1.00. The van der Waals surface area contributed by atoms with Crippen LogP contribution in [0.2, 0.25) is 0 Å². The molecule has 11 heteroatoms. The number of halogens is 4. The van der Waals surface area contributed by atoms with Crippen molar-refractivity contribution >= 4 is 0 Å². The zero-order chi connectivity index (χ0) is 9.30. The first kappa shape index (κ1) is 31.2. The maximum Gasteiger partial charge on any atom is 4.00 e. The number of ether oxygens (including phenoxy) is 1. The van der Waals surface area contributed by atoms with Gasteiger partial charge in [-0.05, 0) is 0 Å². The van der Waals surface area contributed by atoms with Gasteiger partial charge in [-0.15, -0.1) is 0 Å². The van der Waals surface area contributed by atoms with E-state index in [1.54, 1.807) is 0 Å². The smallest absolute Gasteiger partial charge is 1.00 e. The van der Waals surface area contributed by atoms with E-state index >= 15 is 0 Å². The normalized spacial score (nSPS) is 34.8. The zero-order valence-electron chi connectivity index (χ0n) is 8.20. The standard InChI is InChI=1S/C6H13NO5.4ClH.Pt/c7-6-5(11)4(10)3(9)2(1-8)12-6;;;;;/h2-6,8-11H,1,7H2;4*1H;/q;;;;;+4/p-4/t2-,3+,4+,5-,6?;;;;;/m1...../s1. The molecule has 0 bridgehead atoms. The van der Waals surface area contributed by atoms with Crippen LogP contribution < -0.4 is 55.4 Å². The third kappa shape index (κ3) is 7.70. The number of hydrogen-bond acceptors (Lipinski definition) is 6. The number of rotatable bonds is 1. The van der Waals surface area contributed by atoms with E-state index in [4.69, 9.17) is 25.8 Å². The molecule has 1 fully saturated rings. The van der Waals surface area contributed by atoms with E-state index in [-0.39, 0.29) is 70.7 Å². The first-order valence-electron chi connectivity index (χ1n) is 3.64. The van der Waals surface area contributed by atoms with Crippen LogP contribution in [0.1, 0.15) is 0 Å². The quantitative estimate of drug-likeness (QED) is 0.237. The van der Waals surface area contributed by atoms with E-state index in [0.29, 0.717) is 0 Å². The van der Waals surface area contributed by atoms with Crippen LogP contribution >= 0.6 is 0 Å². The van der Waals surface area contributed by atoms with Crippen LogP contribution in [0.25, 0.3) is 0 Å². The minimum Gasteiger partial charge on any atom is -1.00 e. The van der Waals surface area contributed by atoms with E-state index in [9.17, 15) is 5.11 Å². The summed E-state index contributed by atoms with van der Waals surface area (Å²) in [7, 11) is 0. The molecule has 0 spiro atoms. The molecule has 0 aromatic rings. The van der Waals surface area contributed by atoms with Gasteiger partial charge in [0.05, 0.1) is 6.61 Å². The molecule has 6 nitrogen and oxygen atoms in total. The maximum absolute atomic E-state index is 9.18. The van der Waals surface area contributed by atoms with Crippen molar-refractivity contribution in [2.24, 2.45) is 5.73 Å². The van der Waals surface area contributed by atoms with Crippen molar-refractivity contribution in [1.29, 1.82) is 0 Å². The predicted molar refractivity (Wildman–Crippen MR) is 38.0 cm³/mol. The van der Waals surface area contributed by atoms with Crippen LogP contribution in [0.5, 0.6) is 0 Å². The molecular weight excluding hydrogens is 503 g/mol. The Morgan fingerprint density at radius 1 is 0.882 bits per heavy atom. The SMILES string of the molecule is NC1O[C@H](CO)[C@H](O)[C@H](O)[C@H]1O.[Cl-].[Cl-].[Cl-].[Cl-].[Pt+4]. The minimum absolute atomic E-state index is 0. The van der Waals surface area contributed by atoms with Gasteiger partial charge < -0.3 is 80.5 Å². The van der Waals surface area contributed by atoms with Crippen LogP contribution in [0, 0.1) is 0 Å². The molecular formula is C6H13Cl4NO5Pt. The zero-order valence-corrected chi connectivity index (χ0v) is 13.5. The molecule has 5 atom stereocenters. The van der Waals surface area contributed by atoms with Crippen LogP contribution in [0.4, 0.5) is 0 Å². The number of hydrogen-bond donors (Lipinski definition) is 5. The van der Waals surface area contributed by atoms with E-state index < -0.39 is 37.3 Å². The Kier molecular flexibility index (Phi) is 25.7. The Bertz CT molecular complexity index is 169. The van der Waals surface area contributed by atoms with Crippen molar-refractivity contribution in [3.63, 3.8) is 0 Å². The third-order valence-corrected chi connectivity index (χ3v) is 1.93. The molecule has 1 rings (SSSR count). The first-order chi connectivity index (χ1) is 5.57. The maximum atomic E-state index is 9.18. The Morgan fingerprint density at radius 3 is 1.65 bits per heavy atom. The topological polar surface area (TPSA) is 116 Å². The summed E-state index contributed by atoms with van der Waals surface area (Å²) in [5, 5.41) is 36.1. The van der Waals surface area contributed by atoms with Gasteiger partial charge in [0.1, 0.15) is 30.6 Å². The Balaban J connectivity index is -0.0000000960. The molecule has 17 heavy (non-hydrogen) atoms. The van der Waals surface area contributed by atoms with Gasteiger partial charge in [0, 0.05) is 0 Å². The van der Waals surface area contributed by atoms with Gasteiger partial charge in [0.15, 0.2) is 0 Å².